The molecule has 1 aromatic carbocycles. The SMILES string of the molecule is CCC(C(N)=O)N(CC)Cc1ccc(N)cc1. The van der Waals surface area contributed by atoms with E-state index in [4.69, 9.17) is 11.5 Å². The van der Waals surface area contributed by atoms with Crippen molar-refractivity contribution in [2.75, 3.05) is 12.3 Å². The van der Waals surface area contributed by atoms with Crippen LogP contribution in [0.2, 0.25) is 0 Å². The molecule has 0 aliphatic heterocycles. The molecule has 1 aromatic rings. The largest absolute Gasteiger partial charge is 0.399 e. The van der Waals surface area contributed by atoms with Crippen LogP contribution < -0.4 is 11.5 Å². The van der Waals surface area contributed by atoms with Crippen LogP contribution in [0.15, 0.2) is 24.3 Å². The molecule has 0 radical (unpaired) electrons. The Bertz CT molecular complexity index is 361. The van der Waals surface area contributed by atoms with E-state index in [2.05, 4.69) is 4.90 Å². The predicted octanol–water partition coefficient (Wildman–Crippen LogP) is 1.35. The number of amides is 1. The van der Waals surface area contributed by atoms with Gasteiger partial charge in [0.15, 0.2) is 0 Å². The van der Waals surface area contributed by atoms with E-state index in [1.165, 1.54) is 0 Å². The smallest absolute Gasteiger partial charge is 0.234 e. The van der Waals surface area contributed by atoms with Crippen LogP contribution in [-0.2, 0) is 11.3 Å². The maximum atomic E-state index is 11.3. The second-order valence-electron chi connectivity index (χ2n) is 4.13. The molecular formula is C13H21N3O. The Morgan fingerprint density at radius 1 is 1.29 bits per heavy atom. The number of carbonyl (C=O) groups excluding carboxylic acids is 1. The summed E-state index contributed by atoms with van der Waals surface area (Å²) in [5.41, 5.74) is 12.9. The zero-order chi connectivity index (χ0) is 12.8. The van der Waals surface area contributed by atoms with Crippen molar-refractivity contribution in [2.45, 2.75) is 32.9 Å². The van der Waals surface area contributed by atoms with Gasteiger partial charge in [-0.25, -0.2) is 0 Å². The van der Waals surface area contributed by atoms with E-state index < -0.39 is 0 Å². The lowest BCUT2D eigenvalue weighted by Crippen LogP contribution is -2.43. The first-order valence-corrected chi connectivity index (χ1v) is 5.96. The number of nitrogens with zero attached hydrogens (tertiary/aromatic N) is 1. The van der Waals surface area contributed by atoms with Gasteiger partial charge in [0.1, 0.15) is 0 Å². The minimum Gasteiger partial charge on any atom is -0.399 e. The van der Waals surface area contributed by atoms with Crippen molar-refractivity contribution in [1.29, 1.82) is 0 Å². The number of hydrogen-bond donors (Lipinski definition) is 2. The van der Waals surface area contributed by atoms with Crippen LogP contribution in [0.4, 0.5) is 5.69 Å². The molecule has 0 aliphatic rings. The van der Waals surface area contributed by atoms with Gasteiger partial charge >= 0.3 is 0 Å². The second kappa shape index (κ2) is 6.25. The number of nitrogen functional groups attached to an aromatic ring is 1. The van der Waals surface area contributed by atoms with Gasteiger partial charge in [-0.3, -0.25) is 9.69 Å². The first-order valence-electron chi connectivity index (χ1n) is 5.96. The Balaban J connectivity index is 2.75. The summed E-state index contributed by atoms with van der Waals surface area (Å²) >= 11 is 0. The summed E-state index contributed by atoms with van der Waals surface area (Å²) in [6, 6.07) is 7.50. The molecule has 0 aromatic heterocycles. The summed E-state index contributed by atoms with van der Waals surface area (Å²) in [5.74, 6) is -0.259. The second-order valence-corrected chi connectivity index (χ2v) is 4.13. The Labute approximate surface area is 103 Å². The number of hydrogen-bond acceptors (Lipinski definition) is 3. The molecule has 0 saturated carbocycles. The average Bonchev–Trinajstić information content (AvgIpc) is 2.31. The first kappa shape index (κ1) is 13.5. The summed E-state index contributed by atoms with van der Waals surface area (Å²) in [5, 5.41) is 0. The minimum atomic E-state index is -0.259. The summed E-state index contributed by atoms with van der Waals surface area (Å²) in [7, 11) is 0. The van der Waals surface area contributed by atoms with Crippen molar-refractivity contribution in [1.82, 2.24) is 4.90 Å². The number of benzene rings is 1. The van der Waals surface area contributed by atoms with E-state index in [-0.39, 0.29) is 11.9 Å². The van der Waals surface area contributed by atoms with E-state index in [1.807, 2.05) is 38.1 Å². The molecule has 0 aliphatic carbocycles. The van der Waals surface area contributed by atoms with Crippen LogP contribution in [0.25, 0.3) is 0 Å². The van der Waals surface area contributed by atoms with E-state index in [0.29, 0.717) is 0 Å². The van der Waals surface area contributed by atoms with Crippen molar-refractivity contribution in [2.24, 2.45) is 5.73 Å². The maximum Gasteiger partial charge on any atom is 0.234 e. The molecule has 0 bridgehead atoms. The maximum absolute atomic E-state index is 11.3. The number of rotatable bonds is 6. The zero-order valence-electron chi connectivity index (χ0n) is 10.5. The number of anilines is 1. The molecule has 17 heavy (non-hydrogen) atoms. The molecule has 4 nitrogen and oxygen atoms in total. The molecule has 1 rings (SSSR count). The Kier molecular flexibility index (Phi) is 4.97. The van der Waals surface area contributed by atoms with Crippen molar-refractivity contribution >= 4 is 11.6 Å². The third-order valence-electron chi connectivity index (χ3n) is 2.93. The Hall–Kier alpha value is -1.55. The van der Waals surface area contributed by atoms with E-state index in [9.17, 15) is 4.79 Å². The standard InChI is InChI=1S/C13H21N3O/c1-3-12(13(15)17)16(4-2)9-10-5-7-11(14)8-6-10/h5-8,12H,3-4,9,14H2,1-2H3,(H2,15,17). The lowest BCUT2D eigenvalue weighted by Gasteiger charge is -2.27. The third-order valence-corrected chi connectivity index (χ3v) is 2.93. The molecule has 1 amide bonds. The summed E-state index contributed by atoms with van der Waals surface area (Å²) in [4.78, 5) is 13.4. The van der Waals surface area contributed by atoms with Crippen molar-refractivity contribution < 1.29 is 4.79 Å². The highest BCUT2D eigenvalue weighted by atomic mass is 16.1. The van der Waals surface area contributed by atoms with Gasteiger partial charge in [0, 0.05) is 12.2 Å². The van der Waals surface area contributed by atoms with Gasteiger partial charge in [-0.15, -0.1) is 0 Å². The third kappa shape index (κ3) is 3.75. The van der Waals surface area contributed by atoms with Gasteiger partial charge in [-0.1, -0.05) is 26.0 Å². The van der Waals surface area contributed by atoms with Gasteiger partial charge in [-0.2, -0.15) is 0 Å². The van der Waals surface area contributed by atoms with Crippen LogP contribution in [0.5, 0.6) is 0 Å². The number of primary amides is 1. The molecule has 0 fully saturated rings. The molecule has 0 spiro atoms. The molecule has 94 valence electrons. The lowest BCUT2D eigenvalue weighted by atomic mass is 10.1. The molecule has 4 heteroatoms. The van der Waals surface area contributed by atoms with Gasteiger partial charge in [0.05, 0.1) is 6.04 Å². The van der Waals surface area contributed by atoms with Crippen LogP contribution in [-0.4, -0.2) is 23.4 Å². The molecule has 0 saturated heterocycles. The quantitative estimate of drug-likeness (QED) is 0.731. The summed E-state index contributed by atoms with van der Waals surface area (Å²) < 4.78 is 0. The number of carbonyl (C=O) groups is 1. The Morgan fingerprint density at radius 3 is 2.29 bits per heavy atom. The topological polar surface area (TPSA) is 72.4 Å². The monoisotopic (exact) mass is 235 g/mol. The summed E-state index contributed by atoms with van der Waals surface area (Å²) in [6.07, 6.45) is 0.734. The number of likely N-dealkylation sites (N-methyl/N-ethyl adjacent to an activating group) is 1. The van der Waals surface area contributed by atoms with Crippen LogP contribution in [0.3, 0.4) is 0 Å². The fraction of sp³-hybridized carbons (Fsp3) is 0.462. The molecular weight excluding hydrogens is 214 g/mol. The van der Waals surface area contributed by atoms with Gasteiger partial charge in [-0.05, 0) is 30.7 Å². The fourth-order valence-corrected chi connectivity index (χ4v) is 1.94. The highest BCUT2D eigenvalue weighted by molar-refractivity contribution is 5.79. The molecule has 0 heterocycles. The predicted molar refractivity (Wildman–Crippen MR) is 70.2 cm³/mol. The molecule has 4 N–H and O–H groups in total. The normalized spacial score (nSPS) is 12.6. The van der Waals surface area contributed by atoms with Crippen LogP contribution in [0, 0.1) is 0 Å². The highest BCUT2D eigenvalue weighted by Crippen LogP contribution is 2.12. The van der Waals surface area contributed by atoms with E-state index in [1.54, 1.807) is 0 Å². The van der Waals surface area contributed by atoms with Crippen LogP contribution >= 0.6 is 0 Å². The fourth-order valence-electron chi connectivity index (χ4n) is 1.94. The van der Waals surface area contributed by atoms with Crippen molar-refractivity contribution in [3.63, 3.8) is 0 Å². The molecule has 1 unspecified atom stereocenters. The van der Waals surface area contributed by atoms with E-state index >= 15 is 0 Å². The zero-order valence-corrected chi connectivity index (χ0v) is 10.5. The van der Waals surface area contributed by atoms with Crippen molar-refractivity contribution in [3.05, 3.63) is 29.8 Å². The average molecular weight is 235 g/mol. The molecule has 1 atom stereocenters. The van der Waals surface area contributed by atoms with Gasteiger partial charge in [0.25, 0.3) is 0 Å². The Morgan fingerprint density at radius 2 is 1.88 bits per heavy atom. The number of nitrogens with two attached hydrogens (primary N) is 2. The lowest BCUT2D eigenvalue weighted by molar-refractivity contribution is -0.123. The van der Waals surface area contributed by atoms with E-state index in [0.717, 1.165) is 30.8 Å². The van der Waals surface area contributed by atoms with Crippen LogP contribution in [0.1, 0.15) is 25.8 Å². The first-order chi connectivity index (χ1) is 8.08. The minimum absolute atomic E-state index is 0.197. The van der Waals surface area contributed by atoms with Gasteiger partial charge in [0.2, 0.25) is 5.91 Å². The van der Waals surface area contributed by atoms with Gasteiger partial charge < -0.3 is 11.5 Å². The summed E-state index contributed by atoms with van der Waals surface area (Å²) in [6.45, 7) is 5.52. The van der Waals surface area contributed by atoms with Crippen molar-refractivity contribution in [3.8, 4) is 0 Å². The highest BCUT2D eigenvalue weighted by Gasteiger charge is 2.20.